The topological polar surface area (TPSA) is 30.3 Å². The van der Waals surface area contributed by atoms with Gasteiger partial charge in [-0.15, -0.1) is 0 Å². The molecule has 100 valence electrons. The number of nitriles is 1. The lowest BCUT2D eigenvalue weighted by molar-refractivity contribution is 0.133. The molecule has 4 heteroatoms. The van der Waals surface area contributed by atoms with Gasteiger partial charge in [-0.3, -0.25) is 4.90 Å². The van der Waals surface area contributed by atoms with Crippen LogP contribution in [0.1, 0.15) is 24.8 Å². The highest BCUT2D eigenvalue weighted by Crippen LogP contribution is 2.27. The van der Waals surface area contributed by atoms with Gasteiger partial charge in [0.2, 0.25) is 0 Å². The zero-order chi connectivity index (χ0) is 13.2. The number of rotatable bonds is 1. The molecule has 0 aromatic heterocycles. The van der Waals surface area contributed by atoms with Crippen molar-refractivity contribution in [3.63, 3.8) is 0 Å². The monoisotopic (exact) mass is 259 g/mol. The van der Waals surface area contributed by atoms with Gasteiger partial charge >= 0.3 is 0 Å². The van der Waals surface area contributed by atoms with Gasteiger partial charge in [-0.05, 0) is 37.6 Å². The molecule has 2 fully saturated rings. The fraction of sp³-hybridized carbons (Fsp3) is 0.533. The maximum Gasteiger partial charge on any atom is 0.147 e. The molecule has 1 aromatic rings. The van der Waals surface area contributed by atoms with Crippen molar-refractivity contribution in [1.82, 2.24) is 4.90 Å². The van der Waals surface area contributed by atoms with Crippen LogP contribution in [0.5, 0.6) is 0 Å². The van der Waals surface area contributed by atoms with Gasteiger partial charge in [-0.1, -0.05) is 6.42 Å². The first-order valence-corrected chi connectivity index (χ1v) is 6.96. The number of hydrogen-bond donors (Lipinski definition) is 0. The van der Waals surface area contributed by atoms with Gasteiger partial charge in [0.25, 0.3) is 0 Å². The van der Waals surface area contributed by atoms with Crippen molar-refractivity contribution < 1.29 is 4.39 Å². The Morgan fingerprint density at radius 2 is 2.11 bits per heavy atom. The van der Waals surface area contributed by atoms with Crippen molar-refractivity contribution in [2.24, 2.45) is 0 Å². The highest BCUT2D eigenvalue weighted by atomic mass is 19.1. The van der Waals surface area contributed by atoms with E-state index in [1.54, 1.807) is 12.1 Å². The molecule has 0 aliphatic carbocycles. The van der Waals surface area contributed by atoms with Crippen molar-refractivity contribution in [1.29, 1.82) is 5.26 Å². The summed E-state index contributed by atoms with van der Waals surface area (Å²) >= 11 is 0. The Morgan fingerprint density at radius 1 is 1.21 bits per heavy atom. The van der Waals surface area contributed by atoms with Crippen molar-refractivity contribution in [3.8, 4) is 6.07 Å². The zero-order valence-electron chi connectivity index (χ0n) is 11.0. The van der Waals surface area contributed by atoms with Crippen LogP contribution in [0.25, 0.3) is 0 Å². The van der Waals surface area contributed by atoms with Gasteiger partial charge in [0.15, 0.2) is 0 Å². The largest absolute Gasteiger partial charge is 0.366 e. The lowest BCUT2D eigenvalue weighted by Crippen LogP contribution is -2.55. The van der Waals surface area contributed by atoms with E-state index in [1.165, 1.54) is 31.9 Å². The summed E-state index contributed by atoms with van der Waals surface area (Å²) in [6, 6.07) is 7.32. The van der Waals surface area contributed by atoms with Crippen LogP contribution in [0.2, 0.25) is 0 Å². The Labute approximate surface area is 113 Å². The fourth-order valence-electron chi connectivity index (χ4n) is 3.21. The second-order valence-corrected chi connectivity index (χ2v) is 5.41. The van der Waals surface area contributed by atoms with Crippen LogP contribution < -0.4 is 4.90 Å². The Bertz CT molecular complexity index is 509. The molecule has 3 rings (SSSR count). The van der Waals surface area contributed by atoms with E-state index in [9.17, 15) is 4.39 Å². The zero-order valence-corrected chi connectivity index (χ0v) is 11.0. The van der Waals surface area contributed by atoms with Gasteiger partial charge in [0.1, 0.15) is 5.82 Å². The summed E-state index contributed by atoms with van der Waals surface area (Å²) in [6.45, 7) is 3.99. The van der Waals surface area contributed by atoms with Crippen LogP contribution in [0.15, 0.2) is 18.2 Å². The van der Waals surface area contributed by atoms with E-state index in [4.69, 9.17) is 5.26 Å². The summed E-state index contributed by atoms with van der Waals surface area (Å²) in [4.78, 5) is 4.66. The molecule has 1 unspecified atom stereocenters. The second-order valence-electron chi connectivity index (χ2n) is 5.41. The van der Waals surface area contributed by atoms with Crippen LogP contribution in [0, 0.1) is 17.1 Å². The van der Waals surface area contributed by atoms with E-state index in [2.05, 4.69) is 9.80 Å². The Hall–Kier alpha value is -1.60. The SMILES string of the molecule is N#Cc1ccc(N2CCN3CCCCC3C2)c(F)c1. The van der Waals surface area contributed by atoms with Gasteiger partial charge in [-0.25, -0.2) is 4.39 Å². The lowest BCUT2D eigenvalue weighted by Gasteiger charge is -2.44. The second kappa shape index (κ2) is 5.18. The molecule has 2 aliphatic rings. The first-order chi connectivity index (χ1) is 9.28. The summed E-state index contributed by atoms with van der Waals surface area (Å²) < 4.78 is 14.0. The molecule has 0 amide bonds. The van der Waals surface area contributed by atoms with Gasteiger partial charge in [-0.2, -0.15) is 5.26 Å². The first kappa shape index (κ1) is 12.4. The van der Waals surface area contributed by atoms with Crippen LogP contribution in [0.4, 0.5) is 10.1 Å². The molecule has 1 atom stereocenters. The van der Waals surface area contributed by atoms with Crippen LogP contribution >= 0.6 is 0 Å². The van der Waals surface area contributed by atoms with E-state index >= 15 is 0 Å². The third-order valence-electron chi connectivity index (χ3n) is 4.25. The van der Waals surface area contributed by atoms with Gasteiger partial charge in [0.05, 0.1) is 17.3 Å². The fourth-order valence-corrected chi connectivity index (χ4v) is 3.21. The Balaban J connectivity index is 1.78. The summed E-state index contributed by atoms with van der Waals surface area (Å²) in [5.74, 6) is -0.275. The molecule has 1 aromatic carbocycles. The number of halogens is 1. The third-order valence-corrected chi connectivity index (χ3v) is 4.25. The van der Waals surface area contributed by atoms with E-state index in [1.807, 2.05) is 6.07 Å². The predicted molar refractivity (Wildman–Crippen MR) is 72.5 cm³/mol. The third kappa shape index (κ3) is 2.43. The molecule has 0 spiro atoms. The summed E-state index contributed by atoms with van der Waals surface area (Å²) in [5.41, 5.74) is 1.03. The van der Waals surface area contributed by atoms with Crippen molar-refractivity contribution in [2.75, 3.05) is 31.1 Å². The minimum atomic E-state index is -0.275. The van der Waals surface area contributed by atoms with Gasteiger partial charge in [0, 0.05) is 25.7 Å². The van der Waals surface area contributed by atoms with E-state index in [0.717, 1.165) is 19.6 Å². The van der Waals surface area contributed by atoms with E-state index in [0.29, 0.717) is 17.3 Å². The number of hydrogen-bond acceptors (Lipinski definition) is 3. The molecule has 2 saturated heterocycles. The number of anilines is 1. The number of piperidine rings is 1. The molecule has 19 heavy (non-hydrogen) atoms. The van der Waals surface area contributed by atoms with E-state index < -0.39 is 0 Å². The highest BCUT2D eigenvalue weighted by molar-refractivity contribution is 5.51. The molecular weight excluding hydrogens is 241 g/mol. The molecule has 2 aliphatic heterocycles. The Kier molecular flexibility index (Phi) is 3.39. The van der Waals surface area contributed by atoms with Crippen molar-refractivity contribution in [3.05, 3.63) is 29.6 Å². The van der Waals surface area contributed by atoms with Crippen LogP contribution in [0.3, 0.4) is 0 Å². The minimum absolute atomic E-state index is 0.275. The number of piperazine rings is 1. The maximum absolute atomic E-state index is 14.0. The maximum atomic E-state index is 14.0. The molecule has 0 N–H and O–H groups in total. The van der Waals surface area contributed by atoms with Crippen LogP contribution in [-0.4, -0.2) is 37.1 Å². The standard InChI is InChI=1S/C15H18FN3/c16-14-9-12(10-17)4-5-15(14)19-8-7-18-6-2-1-3-13(18)11-19/h4-5,9,13H,1-3,6-8,11H2. The van der Waals surface area contributed by atoms with Crippen molar-refractivity contribution in [2.45, 2.75) is 25.3 Å². The predicted octanol–water partition coefficient (Wildman–Crippen LogP) is 2.37. The molecule has 0 bridgehead atoms. The molecule has 0 saturated carbocycles. The lowest BCUT2D eigenvalue weighted by atomic mass is 9.99. The van der Waals surface area contributed by atoms with Crippen molar-refractivity contribution >= 4 is 5.69 Å². The first-order valence-electron chi connectivity index (χ1n) is 6.96. The summed E-state index contributed by atoms with van der Waals surface area (Å²) in [7, 11) is 0. The highest BCUT2D eigenvalue weighted by Gasteiger charge is 2.29. The summed E-state index contributed by atoms with van der Waals surface area (Å²) in [6.07, 6.45) is 3.79. The number of benzene rings is 1. The smallest absolute Gasteiger partial charge is 0.147 e. The van der Waals surface area contributed by atoms with E-state index in [-0.39, 0.29) is 5.82 Å². The van der Waals surface area contributed by atoms with Crippen LogP contribution in [-0.2, 0) is 0 Å². The normalized spacial score (nSPS) is 23.8. The number of nitrogens with zero attached hydrogens (tertiary/aromatic N) is 3. The molecule has 0 radical (unpaired) electrons. The average molecular weight is 259 g/mol. The number of fused-ring (bicyclic) bond motifs is 1. The average Bonchev–Trinajstić information content (AvgIpc) is 2.46. The Morgan fingerprint density at radius 3 is 2.89 bits per heavy atom. The molecule has 3 nitrogen and oxygen atoms in total. The minimum Gasteiger partial charge on any atom is -0.366 e. The quantitative estimate of drug-likeness (QED) is 0.775. The summed E-state index contributed by atoms with van der Waals surface area (Å²) in [5, 5.41) is 8.78. The molecular formula is C15H18FN3. The van der Waals surface area contributed by atoms with Gasteiger partial charge < -0.3 is 4.90 Å². The molecule has 2 heterocycles.